The van der Waals surface area contributed by atoms with Gasteiger partial charge in [0.1, 0.15) is 12.2 Å². The fourth-order valence-corrected chi connectivity index (χ4v) is 2.00. The van der Waals surface area contributed by atoms with E-state index in [4.69, 9.17) is 9.47 Å². The molecule has 0 saturated carbocycles. The van der Waals surface area contributed by atoms with Crippen molar-refractivity contribution in [3.05, 3.63) is 24.3 Å². The van der Waals surface area contributed by atoms with Crippen molar-refractivity contribution in [3.8, 4) is 0 Å². The Kier molecular flexibility index (Phi) is 3.36. The van der Waals surface area contributed by atoms with Crippen LogP contribution in [0.5, 0.6) is 0 Å². The maximum Gasteiger partial charge on any atom is 0.214 e. The molecule has 1 aliphatic rings. The van der Waals surface area contributed by atoms with Crippen LogP contribution in [0.1, 0.15) is 0 Å². The molecular formula is C11H15FN2O2. The van der Waals surface area contributed by atoms with Crippen LogP contribution in [0.4, 0.5) is 10.1 Å². The van der Waals surface area contributed by atoms with Gasteiger partial charge in [0.2, 0.25) is 5.95 Å². The minimum Gasteiger partial charge on any atom is -0.377 e. The summed E-state index contributed by atoms with van der Waals surface area (Å²) in [4.78, 5) is 5.57. The Bertz CT molecular complexity index is 350. The molecular weight excluding hydrogens is 211 g/mol. The molecule has 0 N–H and O–H groups in total. The zero-order valence-electron chi connectivity index (χ0n) is 9.39. The summed E-state index contributed by atoms with van der Waals surface area (Å²) in [6, 6.07) is 3.21. The van der Waals surface area contributed by atoms with Crippen LogP contribution in [-0.4, -0.2) is 44.5 Å². The summed E-state index contributed by atoms with van der Waals surface area (Å²) in [7, 11) is 3.32. The lowest BCUT2D eigenvalue weighted by Crippen LogP contribution is -2.27. The Balaban J connectivity index is 2.12. The van der Waals surface area contributed by atoms with Gasteiger partial charge >= 0.3 is 0 Å². The van der Waals surface area contributed by atoms with Crippen LogP contribution < -0.4 is 4.90 Å². The second kappa shape index (κ2) is 4.76. The second-order valence-electron chi connectivity index (χ2n) is 3.79. The van der Waals surface area contributed by atoms with Gasteiger partial charge in [-0.25, -0.2) is 4.98 Å². The summed E-state index contributed by atoms with van der Waals surface area (Å²) in [5.74, 6) is -0.465. The lowest BCUT2D eigenvalue weighted by atomic mass is 10.3. The predicted octanol–water partition coefficient (Wildman–Crippen LogP) is 1.07. The molecule has 1 fully saturated rings. The summed E-state index contributed by atoms with van der Waals surface area (Å²) >= 11 is 0. The fourth-order valence-electron chi connectivity index (χ4n) is 2.00. The SMILES string of the molecule is COC1CN(c2ccnc(F)c2)CC1OC. The van der Waals surface area contributed by atoms with Crippen molar-refractivity contribution >= 4 is 5.69 Å². The van der Waals surface area contributed by atoms with Gasteiger partial charge in [0.15, 0.2) is 0 Å². The summed E-state index contributed by atoms with van der Waals surface area (Å²) in [5.41, 5.74) is 0.814. The molecule has 0 radical (unpaired) electrons. The number of halogens is 1. The molecule has 0 aromatic carbocycles. The second-order valence-corrected chi connectivity index (χ2v) is 3.79. The van der Waals surface area contributed by atoms with Gasteiger partial charge in [0, 0.05) is 45.3 Å². The van der Waals surface area contributed by atoms with Crippen LogP contribution in [0.25, 0.3) is 0 Å². The topological polar surface area (TPSA) is 34.6 Å². The van der Waals surface area contributed by atoms with E-state index >= 15 is 0 Å². The quantitative estimate of drug-likeness (QED) is 0.722. The molecule has 4 nitrogen and oxygen atoms in total. The van der Waals surface area contributed by atoms with Crippen molar-refractivity contribution in [2.45, 2.75) is 12.2 Å². The van der Waals surface area contributed by atoms with Crippen LogP contribution in [0.15, 0.2) is 18.3 Å². The Morgan fingerprint density at radius 3 is 2.44 bits per heavy atom. The Morgan fingerprint density at radius 2 is 1.94 bits per heavy atom. The summed E-state index contributed by atoms with van der Waals surface area (Å²) < 4.78 is 23.6. The molecule has 0 spiro atoms. The molecule has 0 amide bonds. The first-order valence-electron chi connectivity index (χ1n) is 5.16. The third-order valence-electron chi connectivity index (χ3n) is 2.90. The molecule has 2 heterocycles. The van der Waals surface area contributed by atoms with E-state index in [0.29, 0.717) is 13.1 Å². The number of methoxy groups -OCH3 is 2. The third kappa shape index (κ3) is 2.15. The summed E-state index contributed by atoms with van der Waals surface area (Å²) in [5, 5.41) is 0. The van der Waals surface area contributed by atoms with Gasteiger partial charge < -0.3 is 14.4 Å². The Morgan fingerprint density at radius 1 is 1.31 bits per heavy atom. The maximum absolute atomic E-state index is 13.0. The van der Waals surface area contributed by atoms with Gasteiger partial charge in [-0.1, -0.05) is 0 Å². The standard InChI is InChI=1S/C11H15FN2O2/c1-15-9-6-14(7-10(9)16-2)8-3-4-13-11(12)5-8/h3-5,9-10H,6-7H2,1-2H3. The highest BCUT2D eigenvalue weighted by molar-refractivity contribution is 5.46. The normalized spacial score (nSPS) is 25.1. The van der Waals surface area contributed by atoms with E-state index in [1.807, 2.05) is 4.90 Å². The third-order valence-corrected chi connectivity index (χ3v) is 2.90. The van der Waals surface area contributed by atoms with E-state index < -0.39 is 5.95 Å². The minimum atomic E-state index is -0.465. The van der Waals surface area contributed by atoms with Gasteiger partial charge in [0.05, 0.1) is 0 Å². The van der Waals surface area contributed by atoms with Crippen LogP contribution in [0.3, 0.4) is 0 Å². The van der Waals surface area contributed by atoms with Gasteiger partial charge in [-0.05, 0) is 6.07 Å². The van der Waals surface area contributed by atoms with E-state index in [1.54, 1.807) is 20.3 Å². The molecule has 5 heteroatoms. The molecule has 88 valence electrons. The molecule has 2 unspecified atom stereocenters. The lowest BCUT2D eigenvalue weighted by molar-refractivity contribution is -0.00461. The van der Waals surface area contributed by atoms with Crippen LogP contribution in [-0.2, 0) is 9.47 Å². The van der Waals surface area contributed by atoms with E-state index in [9.17, 15) is 4.39 Å². The number of aromatic nitrogens is 1. The first kappa shape index (κ1) is 11.3. The highest BCUT2D eigenvalue weighted by Crippen LogP contribution is 2.23. The molecule has 0 aliphatic carbocycles. The largest absolute Gasteiger partial charge is 0.377 e. The summed E-state index contributed by atoms with van der Waals surface area (Å²) in [6.07, 6.45) is 1.52. The monoisotopic (exact) mass is 226 g/mol. The van der Waals surface area contributed by atoms with Crippen molar-refractivity contribution in [3.63, 3.8) is 0 Å². The van der Waals surface area contributed by atoms with Crippen LogP contribution >= 0.6 is 0 Å². The van der Waals surface area contributed by atoms with Crippen LogP contribution in [0.2, 0.25) is 0 Å². The zero-order chi connectivity index (χ0) is 11.5. The van der Waals surface area contributed by atoms with E-state index in [2.05, 4.69) is 4.98 Å². The van der Waals surface area contributed by atoms with Gasteiger partial charge in [-0.2, -0.15) is 4.39 Å². The van der Waals surface area contributed by atoms with E-state index in [1.165, 1.54) is 12.3 Å². The number of pyridine rings is 1. The maximum atomic E-state index is 13.0. The molecule has 16 heavy (non-hydrogen) atoms. The van der Waals surface area contributed by atoms with E-state index in [-0.39, 0.29) is 12.2 Å². The highest BCUT2D eigenvalue weighted by atomic mass is 19.1. The molecule has 1 aromatic heterocycles. The minimum absolute atomic E-state index is 0.0289. The van der Waals surface area contributed by atoms with Crippen molar-refractivity contribution < 1.29 is 13.9 Å². The smallest absolute Gasteiger partial charge is 0.214 e. The Hall–Kier alpha value is -1.20. The molecule has 1 saturated heterocycles. The van der Waals surface area contributed by atoms with Gasteiger partial charge in [-0.3, -0.25) is 0 Å². The van der Waals surface area contributed by atoms with E-state index in [0.717, 1.165) is 5.69 Å². The first-order valence-corrected chi connectivity index (χ1v) is 5.16. The molecule has 1 aliphatic heterocycles. The molecule has 2 atom stereocenters. The summed E-state index contributed by atoms with van der Waals surface area (Å²) in [6.45, 7) is 1.41. The van der Waals surface area contributed by atoms with Crippen molar-refractivity contribution in [2.75, 3.05) is 32.2 Å². The van der Waals surface area contributed by atoms with Crippen LogP contribution in [0, 0.1) is 5.95 Å². The van der Waals surface area contributed by atoms with Crippen molar-refractivity contribution in [1.29, 1.82) is 0 Å². The van der Waals surface area contributed by atoms with Crippen molar-refractivity contribution in [1.82, 2.24) is 4.98 Å². The van der Waals surface area contributed by atoms with Crippen molar-refractivity contribution in [2.24, 2.45) is 0 Å². The van der Waals surface area contributed by atoms with Gasteiger partial charge in [-0.15, -0.1) is 0 Å². The number of hydrogen-bond acceptors (Lipinski definition) is 4. The number of rotatable bonds is 3. The highest BCUT2D eigenvalue weighted by Gasteiger charge is 2.33. The average molecular weight is 226 g/mol. The fraction of sp³-hybridized carbons (Fsp3) is 0.545. The lowest BCUT2D eigenvalue weighted by Gasteiger charge is -2.17. The van der Waals surface area contributed by atoms with Gasteiger partial charge in [0.25, 0.3) is 0 Å². The number of hydrogen-bond donors (Lipinski definition) is 0. The molecule has 0 bridgehead atoms. The predicted molar refractivity (Wildman–Crippen MR) is 58.0 cm³/mol. The first-order chi connectivity index (χ1) is 7.74. The molecule has 1 aromatic rings. The Labute approximate surface area is 94.0 Å². The number of nitrogens with zero attached hydrogens (tertiary/aromatic N) is 2. The number of ether oxygens (including phenoxy) is 2. The zero-order valence-corrected chi connectivity index (χ0v) is 9.39. The average Bonchev–Trinajstić information content (AvgIpc) is 2.72. The number of anilines is 1. The molecule has 2 rings (SSSR count).